The zero-order valence-corrected chi connectivity index (χ0v) is 14.7. The average molecular weight is 362 g/mol. The van der Waals surface area contributed by atoms with E-state index in [2.05, 4.69) is 10.9 Å². The maximum atomic E-state index is 12.8. The number of amides is 2. The molecule has 5 nitrogen and oxygen atoms in total. The quantitative estimate of drug-likeness (QED) is 0.612. The van der Waals surface area contributed by atoms with Crippen molar-refractivity contribution in [2.75, 3.05) is 7.11 Å². The van der Waals surface area contributed by atoms with E-state index >= 15 is 0 Å². The van der Waals surface area contributed by atoms with E-state index in [1.54, 1.807) is 14.0 Å². The molecular weight excluding hydrogens is 343 g/mol. The van der Waals surface area contributed by atoms with Gasteiger partial charge in [-0.2, -0.15) is 0 Å². The van der Waals surface area contributed by atoms with Gasteiger partial charge in [0.05, 0.1) is 18.8 Å². The van der Waals surface area contributed by atoms with Crippen molar-refractivity contribution in [3.63, 3.8) is 0 Å². The fourth-order valence-corrected chi connectivity index (χ4v) is 2.84. The molecule has 0 saturated heterocycles. The highest BCUT2D eigenvalue weighted by atomic mass is 32.2. The highest BCUT2D eigenvalue weighted by molar-refractivity contribution is 8.00. The van der Waals surface area contributed by atoms with Gasteiger partial charge in [0.1, 0.15) is 11.6 Å². The third-order valence-corrected chi connectivity index (χ3v) is 4.46. The van der Waals surface area contributed by atoms with Gasteiger partial charge in [-0.3, -0.25) is 20.4 Å². The van der Waals surface area contributed by atoms with Crippen LogP contribution in [0.1, 0.15) is 12.5 Å². The maximum Gasteiger partial charge on any atom is 0.251 e. The molecule has 0 fully saturated rings. The third kappa shape index (κ3) is 6.11. The van der Waals surface area contributed by atoms with Gasteiger partial charge in [0.2, 0.25) is 5.91 Å². The van der Waals surface area contributed by atoms with Gasteiger partial charge >= 0.3 is 0 Å². The van der Waals surface area contributed by atoms with Gasteiger partial charge in [0.25, 0.3) is 5.91 Å². The van der Waals surface area contributed by atoms with Crippen molar-refractivity contribution in [1.29, 1.82) is 0 Å². The summed E-state index contributed by atoms with van der Waals surface area (Å²) in [5.41, 5.74) is 5.42. The molecule has 2 aromatic carbocycles. The lowest BCUT2D eigenvalue weighted by atomic mass is 10.1. The van der Waals surface area contributed by atoms with Crippen molar-refractivity contribution in [3.8, 4) is 5.75 Å². The predicted molar refractivity (Wildman–Crippen MR) is 94.7 cm³/mol. The Balaban J connectivity index is 1.77. The monoisotopic (exact) mass is 362 g/mol. The third-order valence-electron chi connectivity index (χ3n) is 3.34. The SMILES string of the molecule is COc1ccc(SC(C)C(=O)NNC(=O)Cc2ccc(F)cc2)cc1. The number of hydrogen-bond acceptors (Lipinski definition) is 4. The predicted octanol–water partition coefficient (Wildman–Crippen LogP) is 2.71. The van der Waals surface area contributed by atoms with Gasteiger partial charge in [0, 0.05) is 4.90 Å². The van der Waals surface area contributed by atoms with Crippen LogP contribution in [0.3, 0.4) is 0 Å². The molecule has 0 bridgehead atoms. The van der Waals surface area contributed by atoms with E-state index in [4.69, 9.17) is 4.74 Å². The topological polar surface area (TPSA) is 67.4 Å². The molecule has 0 aliphatic rings. The first-order valence-corrected chi connectivity index (χ1v) is 8.49. The van der Waals surface area contributed by atoms with Crippen molar-refractivity contribution < 1.29 is 18.7 Å². The van der Waals surface area contributed by atoms with Crippen LogP contribution in [-0.4, -0.2) is 24.2 Å². The Labute approximate surface area is 149 Å². The molecule has 2 rings (SSSR count). The van der Waals surface area contributed by atoms with Crippen LogP contribution in [0.25, 0.3) is 0 Å². The number of nitrogens with one attached hydrogen (secondary N) is 2. The molecule has 1 atom stereocenters. The molecule has 132 valence electrons. The molecule has 0 aromatic heterocycles. The Bertz CT molecular complexity index is 720. The maximum absolute atomic E-state index is 12.8. The lowest BCUT2D eigenvalue weighted by molar-refractivity contribution is -0.128. The minimum Gasteiger partial charge on any atom is -0.497 e. The Morgan fingerprint density at radius 1 is 1.08 bits per heavy atom. The number of hydrogen-bond donors (Lipinski definition) is 2. The van der Waals surface area contributed by atoms with E-state index in [0.29, 0.717) is 5.56 Å². The molecule has 2 amide bonds. The van der Waals surface area contributed by atoms with Crippen molar-refractivity contribution in [2.45, 2.75) is 23.5 Å². The summed E-state index contributed by atoms with van der Waals surface area (Å²) < 4.78 is 17.9. The smallest absolute Gasteiger partial charge is 0.251 e. The summed E-state index contributed by atoms with van der Waals surface area (Å²) in [7, 11) is 1.59. The molecule has 0 aliphatic heterocycles. The fourth-order valence-electron chi connectivity index (χ4n) is 1.98. The molecule has 25 heavy (non-hydrogen) atoms. The Kier molecular flexibility index (Phi) is 6.82. The first-order valence-electron chi connectivity index (χ1n) is 7.62. The molecule has 7 heteroatoms. The van der Waals surface area contributed by atoms with Crippen LogP contribution in [-0.2, 0) is 16.0 Å². The summed E-state index contributed by atoms with van der Waals surface area (Å²) in [6, 6.07) is 13.0. The second-order valence-electron chi connectivity index (χ2n) is 5.28. The van der Waals surface area contributed by atoms with Crippen molar-refractivity contribution in [1.82, 2.24) is 10.9 Å². The number of rotatable bonds is 6. The molecule has 0 saturated carbocycles. The number of halogens is 1. The van der Waals surface area contributed by atoms with Gasteiger partial charge in [-0.25, -0.2) is 4.39 Å². The number of thioether (sulfide) groups is 1. The molecule has 2 N–H and O–H groups in total. The largest absolute Gasteiger partial charge is 0.497 e. The zero-order chi connectivity index (χ0) is 18.2. The summed E-state index contributed by atoms with van der Waals surface area (Å²) in [6.45, 7) is 1.75. The van der Waals surface area contributed by atoms with E-state index in [-0.39, 0.29) is 29.3 Å². The summed E-state index contributed by atoms with van der Waals surface area (Å²) in [5, 5.41) is -0.389. The van der Waals surface area contributed by atoms with Crippen LogP contribution in [0.4, 0.5) is 4.39 Å². The van der Waals surface area contributed by atoms with Crippen LogP contribution < -0.4 is 15.6 Å². The number of ether oxygens (including phenoxy) is 1. The lowest BCUT2D eigenvalue weighted by Gasteiger charge is -2.13. The van der Waals surface area contributed by atoms with E-state index in [0.717, 1.165) is 10.6 Å². The second-order valence-corrected chi connectivity index (χ2v) is 6.69. The van der Waals surface area contributed by atoms with Gasteiger partial charge in [-0.05, 0) is 48.9 Å². The van der Waals surface area contributed by atoms with E-state index in [1.165, 1.54) is 36.0 Å². The normalized spacial score (nSPS) is 11.5. The van der Waals surface area contributed by atoms with Crippen LogP contribution in [0, 0.1) is 5.82 Å². The molecule has 2 aromatic rings. The molecule has 0 heterocycles. The van der Waals surface area contributed by atoms with Gasteiger partial charge in [0.15, 0.2) is 0 Å². The lowest BCUT2D eigenvalue weighted by Crippen LogP contribution is -2.45. The van der Waals surface area contributed by atoms with Gasteiger partial charge in [-0.1, -0.05) is 12.1 Å². The Morgan fingerprint density at radius 3 is 2.32 bits per heavy atom. The minimum atomic E-state index is -0.389. The number of methoxy groups -OCH3 is 1. The first kappa shape index (κ1) is 18.8. The summed E-state index contributed by atoms with van der Waals surface area (Å²) >= 11 is 1.37. The van der Waals surface area contributed by atoms with Crippen LogP contribution in [0.5, 0.6) is 5.75 Å². The fraction of sp³-hybridized carbons (Fsp3) is 0.222. The molecular formula is C18H19FN2O3S. The summed E-state index contributed by atoms with van der Waals surface area (Å²) in [5.74, 6) is -0.300. The van der Waals surface area contributed by atoms with Crippen LogP contribution in [0.15, 0.2) is 53.4 Å². The van der Waals surface area contributed by atoms with Gasteiger partial charge in [-0.15, -0.1) is 11.8 Å². The Hall–Kier alpha value is -2.54. The zero-order valence-electron chi connectivity index (χ0n) is 13.9. The number of hydrazine groups is 1. The standard InChI is InChI=1S/C18H19FN2O3S/c1-12(25-16-9-7-15(24-2)8-10-16)18(23)21-20-17(22)11-13-3-5-14(19)6-4-13/h3-10,12H,11H2,1-2H3,(H,20,22)(H,21,23). The van der Waals surface area contributed by atoms with Crippen molar-refractivity contribution in [3.05, 3.63) is 59.9 Å². The van der Waals surface area contributed by atoms with Crippen molar-refractivity contribution in [2.24, 2.45) is 0 Å². The highest BCUT2D eigenvalue weighted by Gasteiger charge is 2.15. The van der Waals surface area contributed by atoms with Crippen LogP contribution in [0.2, 0.25) is 0 Å². The van der Waals surface area contributed by atoms with E-state index in [1.807, 2.05) is 24.3 Å². The first-order chi connectivity index (χ1) is 12.0. The minimum absolute atomic E-state index is 0.0561. The Morgan fingerprint density at radius 2 is 1.72 bits per heavy atom. The van der Waals surface area contributed by atoms with Gasteiger partial charge < -0.3 is 4.74 Å². The number of carbonyl (C=O) groups is 2. The molecule has 0 aliphatic carbocycles. The number of carbonyl (C=O) groups excluding carboxylic acids is 2. The van der Waals surface area contributed by atoms with Crippen molar-refractivity contribution >= 4 is 23.6 Å². The van der Waals surface area contributed by atoms with E-state index < -0.39 is 0 Å². The van der Waals surface area contributed by atoms with Crippen LogP contribution >= 0.6 is 11.8 Å². The highest BCUT2D eigenvalue weighted by Crippen LogP contribution is 2.25. The average Bonchev–Trinajstić information content (AvgIpc) is 2.62. The molecule has 0 radical (unpaired) electrons. The summed E-state index contributed by atoms with van der Waals surface area (Å²) in [4.78, 5) is 24.8. The second kappa shape index (κ2) is 9.08. The molecule has 0 spiro atoms. The van der Waals surface area contributed by atoms with E-state index in [9.17, 15) is 14.0 Å². The summed E-state index contributed by atoms with van der Waals surface area (Å²) in [6.07, 6.45) is 0.0561. The number of benzene rings is 2. The molecule has 1 unspecified atom stereocenters.